The van der Waals surface area contributed by atoms with Crippen LogP contribution < -0.4 is 0 Å². The SMILES string of the molecule is CCC(C)C1(C)CCC2CC(C)C(CC)C3(C)C(C)CC(C2)C2(C)C(C)C(C)(C(C)(CC)C3(C)C)C12C. The van der Waals surface area contributed by atoms with Crippen molar-refractivity contribution in [2.45, 2.75) is 155 Å². The largest absolute Gasteiger partial charge is 0.0651 e. The fourth-order valence-corrected chi connectivity index (χ4v) is 14.5. The molecule has 216 valence electrons. The first-order chi connectivity index (χ1) is 16.9. The van der Waals surface area contributed by atoms with Crippen LogP contribution in [0.5, 0.6) is 0 Å². The summed E-state index contributed by atoms with van der Waals surface area (Å²) in [6.07, 6.45) is 11.3. The predicted octanol–water partition coefficient (Wildman–Crippen LogP) is 11.7. The molecule has 5 aliphatic rings. The number of hydrogen-bond acceptors (Lipinski definition) is 0. The lowest BCUT2D eigenvalue weighted by atomic mass is 9.18. The summed E-state index contributed by atoms with van der Waals surface area (Å²) >= 11 is 0. The molecule has 0 heteroatoms. The van der Waals surface area contributed by atoms with Gasteiger partial charge in [0.25, 0.3) is 0 Å². The molecule has 5 aliphatic carbocycles. The van der Waals surface area contributed by atoms with Crippen LogP contribution in [0.2, 0.25) is 0 Å². The van der Waals surface area contributed by atoms with Gasteiger partial charge in [0, 0.05) is 0 Å². The molecule has 13 unspecified atom stereocenters. The minimum atomic E-state index is 0.249. The van der Waals surface area contributed by atoms with Gasteiger partial charge in [-0.15, -0.1) is 0 Å². The van der Waals surface area contributed by atoms with Crippen molar-refractivity contribution >= 4 is 0 Å². The van der Waals surface area contributed by atoms with Gasteiger partial charge in [-0.3, -0.25) is 0 Å². The monoisotopic (exact) mass is 513 g/mol. The maximum Gasteiger partial charge on any atom is -0.0148 e. The van der Waals surface area contributed by atoms with Crippen molar-refractivity contribution in [1.29, 1.82) is 0 Å². The summed E-state index contributed by atoms with van der Waals surface area (Å²) < 4.78 is 0. The van der Waals surface area contributed by atoms with E-state index in [0.29, 0.717) is 27.1 Å². The van der Waals surface area contributed by atoms with E-state index in [1.54, 1.807) is 0 Å². The van der Waals surface area contributed by atoms with Crippen molar-refractivity contribution in [3.63, 3.8) is 0 Å². The number of rotatable bonds is 4. The van der Waals surface area contributed by atoms with E-state index in [4.69, 9.17) is 0 Å². The van der Waals surface area contributed by atoms with Gasteiger partial charge < -0.3 is 0 Å². The Balaban J connectivity index is 2.20. The zero-order valence-electron chi connectivity index (χ0n) is 28.2. The van der Waals surface area contributed by atoms with Gasteiger partial charge in [-0.1, -0.05) is 117 Å². The highest BCUT2D eigenvalue weighted by atomic mass is 14.9. The molecule has 5 saturated carbocycles. The van der Waals surface area contributed by atoms with Crippen molar-refractivity contribution in [3.8, 4) is 0 Å². The fraction of sp³-hybridized carbons (Fsp3) is 1.00. The van der Waals surface area contributed by atoms with E-state index in [0.717, 1.165) is 41.4 Å². The molecule has 0 radical (unpaired) electrons. The smallest absolute Gasteiger partial charge is 0.0148 e. The molecule has 0 heterocycles. The molecule has 0 nitrogen and oxygen atoms in total. The quantitative estimate of drug-likeness (QED) is 0.351. The second-order valence-corrected chi connectivity index (χ2v) is 17.4. The molecule has 0 N–H and O–H groups in total. The summed E-state index contributed by atoms with van der Waals surface area (Å²) in [5, 5.41) is 0. The van der Waals surface area contributed by atoms with Gasteiger partial charge in [-0.05, 0) is 118 Å². The van der Waals surface area contributed by atoms with Gasteiger partial charge in [0.05, 0.1) is 0 Å². The highest BCUT2D eigenvalue weighted by molar-refractivity contribution is 5.32. The van der Waals surface area contributed by atoms with Gasteiger partial charge in [-0.2, -0.15) is 0 Å². The summed E-state index contributed by atoms with van der Waals surface area (Å²) in [6, 6.07) is 0. The van der Waals surface area contributed by atoms with Gasteiger partial charge in [0.1, 0.15) is 0 Å². The zero-order chi connectivity index (χ0) is 28.2. The Morgan fingerprint density at radius 3 is 1.89 bits per heavy atom. The molecule has 0 aromatic carbocycles. The second kappa shape index (κ2) is 8.75. The molecular weight excluding hydrogens is 444 g/mol. The molecule has 6 bridgehead atoms. The van der Waals surface area contributed by atoms with Crippen molar-refractivity contribution in [2.24, 2.45) is 79.3 Å². The molecular formula is C37H68. The molecule has 0 spiro atoms. The van der Waals surface area contributed by atoms with Gasteiger partial charge >= 0.3 is 0 Å². The molecule has 0 aliphatic heterocycles. The Labute approximate surface area is 234 Å². The van der Waals surface area contributed by atoms with Crippen LogP contribution in [0, 0.1) is 79.3 Å². The average molecular weight is 513 g/mol. The lowest BCUT2D eigenvalue weighted by Gasteiger charge is -2.86. The lowest BCUT2D eigenvalue weighted by Crippen LogP contribution is -2.81. The third-order valence-electron chi connectivity index (χ3n) is 18.1. The van der Waals surface area contributed by atoms with Gasteiger partial charge in [-0.25, -0.2) is 0 Å². The highest BCUT2D eigenvalue weighted by Gasteiger charge is 2.85. The van der Waals surface area contributed by atoms with Crippen LogP contribution in [-0.2, 0) is 0 Å². The molecule has 0 aromatic heterocycles. The molecule has 5 fully saturated rings. The Bertz CT molecular complexity index is 869. The molecule has 13 atom stereocenters. The first-order valence-corrected chi connectivity index (χ1v) is 16.9. The first kappa shape index (κ1) is 30.0. The van der Waals surface area contributed by atoms with Crippen LogP contribution in [0.25, 0.3) is 0 Å². The Morgan fingerprint density at radius 2 is 1.38 bits per heavy atom. The molecule has 0 aromatic rings. The van der Waals surface area contributed by atoms with E-state index >= 15 is 0 Å². The minimum Gasteiger partial charge on any atom is -0.0651 e. The second-order valence-electron chi connectivity index (χ2n) is 17.4. The van der Waals surface area contributed by atoms with Crippen molar-refractivity contribution in [1.82, 2.24) is 0 Å². The Kier molecular flexibility index (Phi) is 7.09. The first-order valence-electron chi connectivity index (χ1n) is 16.9. The molecule has 0 amide bonds. The molecule has 5 rings (SSSR count). The molecule has 0 saturated heterocycles. The van der Waals surface area contributed by atoms with Crippen molar-refractivity contribution < 1.29 is 0 Å². The van der Waals surface area contributed by atoms with E-state index in [9.17, 15) is 0 Å². The van der Waals surface area contributed by atoms with E-state index < -0.39 is 0 Å². The van der Waals surface area contributed by atoms with Crippen LogP contribution in [0.3, 0.4) is 0 Å². The highest BCUT2D eigenvalue weighted by Crippen LogP contribution is 2.90. The van der Waals surface area contributed by atoms with E-state index in [2.05, 4.69) is 104 Å². The van der Waals surface area contributed by atoms with E-state index in [1.165, 1.54) is 51.4 Å². The fourth-order valence-electron chi connectivity index (χ4n) is 14.5. The standard InChI is InChI=1S/C37H68/c1-16-25(5)32(10)20-19-28-21-24(4)30(17-2)34(12)26(6)22-29(23-28)35(13)27(7)36(14,37(32,35)15)33(11,18-3)31(34,8)9/h24-30H,16-23H2,1-15H3. The van der Waals surface area contributed by atoms with Crippen LogP contribution in [0.15, 0.2) is 0 Å². The van der Waals surface area contributed by atoms with E-state index in [1.807, 2.05) is 0 Å². The third-order valence-corrected chi connectivity index (χ3v) is 18.1. The normalized spacial score (nSPS) is 58.1. The summed E-state index contributed by atoms with van der Waals surface area (Å²) in [4.78, 5) is 0. The summed E-state index contributed by atoms with van der Waals surface area (Å²) in [7, 11) is 0. The minimum absolute atomic E-state index is 0.249. The Hall–Kier alpha value is 0. The average Bonchev–Trinajstić information content (AvgIpc) is 2.90. The summed E-state index contributed by atoms with van der Waals surface area (Å²) in [6.45, 7) is 40.9. The third kappa shape index (κ3) is 2.94. The lowest BCUT2D eigenvalue weighted by molar-refractivity contribution is -0.392. The summed E-state index contributed by atoms with van der Waals surface area (Å²) in [5.41, 5.74) is 2.27. The van der Waals surface area contributed by atoms with E-state index in [-0.39, 0.29) is 10.8 Å². The maximum atomic E-state index is 2.87. The van der Waals surface area contributed by atoms with Crippen LogP contribution >= 0.6 is 0 Å². The van der Waals surface area contributed by atoms with Gasteiger partial charge in [0.15, 0.2) is 0 Å². The topological polar surface area (TPSA) is 0 Å². The zero-order valence-corrected chi connectivity index (χ0v) is 28.2. The van der Waals surface area contributed by atoms with Crippen molar-refractivity contribution in [2.75, 3.05) is 0 Å². The maximum absolute atomic E-state index is 2.87. The molecule has 37 heavy (non-hydrogen) atoms. The Morgan fingerprint density at radius 1 is 0.784 bits per heavy atom. The van der Waals surface area contributed by atoms with Crippen LogP contribution in [-0.4, -0.2) is 0 Å². The number of fused-ring (bicyclic) bond motifs is 2. The summed E-state index contributed by atoms with van der Waals surface area (Å²) in [5.74, 6) is 5.66. The van der Waals surface area contributed by atoms with Crippen LogP contribution in [0.4, 0.5) is 0 Å². The van der Waals surface area contributed by atoms with Crippen LogP contribution in [0.1, 0.15) is 155 Å². The predicted molar refractivity (Wildman–Crippen MR) is 164 cm³/mol. The van der Waals surface area contributed by atoms with Gasteiger partial charge in [0.2, 0.25) is 0 Å². The van der Waals surface area contributed by atoms with Crippen molar-refractivity contribution in [3.05, 3.63) is 0 Å². The number of hydrogen-bond donors (Lipinski definition) is 0.